The number of benzene rings is 2. The Morgan fingerprint density at radius 3 is 1.78 bits per heavy atom. The molecule has 0 radical (unpaired) electrons. The third kappa shape index (κ3) is 7.11. The fourth-order valence-corrected chi connectivity index (χ4v) is 5.82. The summed E-state index contributed by atoms with van der Waals surface area (Å²) in [5.74, 6) is 0. The van der Waals surface area contributed by atoms with E-state index in [4.69, 9.17) is 13.3 Å². The number of hydrogen-bond donors (Lipinski definition) is 0. The first-order chi connectivity index (χ1) is 13.2. The number of nitrogens with zero attached hydrogens (tertiary/aromatic N) is 1. The van der Waals surface area contributed by atoms with E-state index in [1.807, 2.05) is 20.8 Å². The van der Waals surface area contributed by atoms with Gasteiger partial charge in [0, 0.05) is 44.6 Å². The summed E-state index contributed by atoms with van der Waals surface area (Å²) in [5, 5.41) is 0. The predicted molar refractivity (Wildman–Crippen MR) is 114 cm³/mol. The summed E-state index contributed by atoms with van der Waals surface area (Å²) in [4.78, 5) is 2.42. The Kier molecular flexibility index (Phi) is 9.56. The maximum atomic E-state index is 5.99. The number of anilines is 1. The fraction of sp³-hybridized carbons (Fsp3) is 0.455. The van der Waals surface area contributed by atoms with Gasteiger partial charge in [0.05, 0.1) is 0 Å². The van der Waals surface area contributed by atoms with Gasteiger partial charge in [-0.2, -0.15) is 0 Å². The van der Waals surface area contributed by atoms with Crippen LogP contribution in [0.1, 0.15) is 32.8 Å². The number of rotatable bonds is 13. The van der Waals surface area contributed by atoms with Gasteiger partial charge in [0.15, 0.2) is 0 Å². The van der Waals surface area contributed by atoms with Gasteiger partial charge in [0.25, 0.3) is 0 Å². The lowest BCUT2D eigenvalue weighted by Crippen LogP contribution is -2.46. The lowest BCUT2D eigenvalue weighted by atomic mass is 10.2. The Bertz CT molecular complexity index is 607. The Hall–Kier alpha value is -1.66. The first-order valence-electron chi connectivity index (χ1n) is 9.98. The third-order valence-electron chi connectivity index (χ3n) is 4.34. The molecule has 2 aromatic carbocycles. The SMILES string of the molecule is CCO[Si](CCCN(Cc1ccccc1)c1ccccc1)(OCC)OCC. The van der Waals surface area contributed by atoms with Crippen molar-refractivity contribution < 1.29 is 13.3 Å². The van der Waals surface area contributed by atoms with Gasteiger partial charge in [-0.3, -0.25) is 0 Å². The Morgan fingerprint density at radius 1 is 0.741 bits per heavy atom. The zero-order valence-corrected chi connectivity index (χ0v) is 17.9. The molecule has 4 nitrogen and oxygen atoms in total. The van der Waals surface area contributed by atoms with Crippen molar-refractivity contribution in [3.05, 3.63) is 66.2 Å². The molecule has 0 spiro atoms. The highest BCUT2D eigenvalue weighted by molar-refractivity contribution is 6.60. The summed E-state index contributed by atoms with van der Waals surface area (Å²) in [5.41, 5.74) is 2.54. The largest absolute Gasteiger partial charge is 0.500 e. The van der Waals surface area contributed by atoms with Gasteiger partial charge in [-0.1, -0.05) is 48.5 Å². The molecule has 0 unspecified atom stereocenters. The van der Waals surface area contributed by atoms with Gasteiger partial charge in [0.2, 0.25) is 0 Å². The van der Waals surface area contributed by atoms with Gasteiger partial charge in [0.1, 0.15) is 0 Å². The smallest absolute Gasteiger partial charge is 0.374 e. The highest BCUT2D eigenvalue weighted by Gasteiger charge is 2.39. The average Bonchev–Trinajstić information content (AvgIpc) is 2.69. The molecule has 0 aliphatic carbocycles. The Balaban J connectivity index is 2.05. The molecule has 0 aliphatic heterocycles. The summed E-state index contributed by atoms with van der Waals surface area (Å²) in [7, 11) is -2.58. The average molecular weight is 388 g/mol. The van der Waals surface area contributed by atoms with E-state index in [2.05, 4.69) is 65.6 Å². The molecule has 0 aliphatic rings. The van der Waals surface area contributed by atoms with Crippen LogP contribution in [-0.2, 0) is 19.8 Å². The second kappa shape index (κ2) is 11.9. The molecular weight excluding hydrogens is 354 g/mol. The molecule has 5 heteroatoms. The monoisotopic (exact) mass is 387 g/mol. The van der Waals surface area contributed by atoms with Crippen LogP contribution in [0.15, 0.2) is 60.7 Å². The van der Waals surface area contributed by atoms with Crippen molar-refractivity contribution in [2.75, 3.05) is 31.3 Å². The quantitative estimate of drug-likeness (QED) is 0.446. The lowest BCUT2D eigenvalue weighted by Gasteiger charge is -2.30. The van der Waals surface area contributed by atoms with Crippen molar-refractivity contribution in [2.24, 2.45) is 0 Å². The fourth-order valence-electron chi connectivity index (χ4n) is 3.23. The van der Waals surface area contributed by atoms with Crippen molar-refractivity contribution in [2.45, 2.75) is 39.8 Å². The van der Waals surface area contributed by atoms with Gasteiger partial charge in [-0.25, -0.2) is 0 Å². The molecular formula is C22H33NO3Si. The summed E-state index contributed by atoms with van der Waals surface area (Å²) in [6, 6.07) is 22.0. The van der Waals surface area contributed by atoms with Crippen LogP contribution >= 0.6 is 0 Å². The van der Waals surface area contributed by atoms with Crippen LogP contribution in [0, 0.1) is 0 Å². The van der Waals surface area contributed by atoms with E-state index in [1.165, 1.54) is 11.3 Å². The zero-order valence-electron chi connectivity index (χ0n) is 16.9. The highest BCUT2D eigenvalue weighted by atomic mass is 28.4. The van der Waals surface area contributed by atoms with Crippen LogP contribution < -0.4 is 4.90 Å². The van der Waals surface area contributed by atoms with Crippen molar-refractivity contribution >= 4 is 14.5 Å². The summed E-state index contributed by atoms with van der Waals surface area (Å²) in [6.45, 7) is 9.70. The van der Waals surface area contributed by atoms with Crippen LogP contribution in [-0.4, -0.2) is 35.2 Å². The van der Waals surface area contributed by atoms with Crippen LogP contribution in [0.3, 0.4) is 0 Å². The summed E-state index contributed by atoms with van der Waals surface area (Å²) in [6.07, 6.45) is 0.966. The van der Waals surface area contributed by atoms with Crippen molar-refractivity contribution in [1.29, 1.82) is 0 Å². The molecule has 0 fully saturated rings. The molecule has 148 valence electrons. The maximum absolute atomic E-state index is 5.99. The molecule has 0 N–H and O–H groups in total. The van der Waals surface area contributed by atoms with E-state index in [0.717, 1.165) is 25.6 Å². The molecule has 27 heavy (non-hydrogen) atoms. The normalized spacial score (nSPS) is 11.5. The second-order valence-corrected chi connectivity index (χ2v) is 9.06. The summed E-state index contributed by atoms with van der Waals surface area (Å²) >= 11 is 0. The van der Waals surface area contributed by atoms with Gasteiger partial charge in [-0.15, -0.1) is 0 Å². The maximum Gasteiger partial charge on any atom is 0.500 e. The molecule has 0 bridgehead atoms. The van der Waals surface area contributed by atoms with E-state index in [9.17, 15) is 0 Å². The van der Waals surface area contributed by atoms with E-state index in [1.54, 1.807) is 0 Å². The molecule has 0 atom stereocenters. The minimum absolute atomic E-state index is 0.624. The van der Waals surface area contributed by atoms with Gasteiger partial charge in [-0.05, 0) is 44.9 Å². The third-order valence-corrected chi connectivity index (χ3v) is 7.49. The van der Waals surface area contributed by atoms with Crippen LogP contribution in [0.5, 0.6) is 0 Å². The number of para-hydroxylation sites is 1. The van der Waals surface area contributed by atoms with E-state index < -0.39 is 8.80 Å². The van der Waals surface area contributed by atoms with Crippen LogP contribution in [0.25, 0.3) is 0 Å². The standard InChI is InChI=1S/C22H33NO3Si/c1-4-24-27(25-5-2,26-6-3)19-13-18-23(22-16-11-8-12-17-22)20-21-14-9-7-10-15-21/h7-12,14-17H,4-6,13,18-20H2,1-3H3. The van der Waals surface area contributed by atoms with E-state index in [-0.39, 0.29) is 0 Å². The zero-order chi connectivity index (χ0) is 19.4. The molecule has 0 amide bonds. The highest BCUT2D eigenvalue weighted by Crippen LogP contribution is 2.22. The van der Waals surface area contributed by atoms with E-state index >= 15 is 0 Å². The lowest BCUT2D eigenvalue weighted by molar-refractivity contribution is 0.0709. The molecule has 0 heterocycles. The second-order valence-electron chi connectivity index (χ2n) is 6.33. The van der Waals surface area contributed by atoms with Crippen molar-refractivity contribution in [3.8, 4) is 0 Å². The minimum Gasteiger partial charge on any atom is -0.374 e. The Labute approximate surface area is 165 Å². The van der Waals surface area contributed by atoms with E-state index in [0.29, 0.717) is 19.8 Å². The first kappa shape index (κ1) is 21.6. The summed E-state index contributed by atoms with van der Waals surface area (Å²) < 4.78 is 18.0. The van der Waals surface area contributed by atoms with Crippen molar-refractivity contribution in [3.63, 3.8) is 0 Å². The number of hydrogen-bond acceptors (Lipinski definition) is 4. The van der Waals surface area contributed by atoms with Gasteiger partial charge >= 0.3 is 8.80 Å². The van der Waals surface area contributed by atoms with Crippen LogP contribution in [0.2, 0.25) is 6.04 Å². The molecule has 0 saturated carbocycles. The molecule has 0 saturated heterocycles. The van der Waals surface area contributed by atoms with Crippen LogP contribution in [0.4, 0.5) is 5.69 Å². The van der Waals surface area contributed by atoms with Crippen molar-refractivity contribution in [1.82, 2.24) is 0 Å². The molecule has 0 aromatic heterocycles. The molecule has 2 aromatic rings. The molecule has 2 rings (SSSR count). The minimum atomic E-state index is -2.58. The first-order valence-corrected chi connectivity index (χ1v) is 11.9. The topological polar surface area (TPSA) is 30.9 Å². The Morgan fingerprint density at radius 2 is 1.26 bits per heavy atom. The predicted octanol–water partition coefficient (Wildman–Crippen LogP) is 5.13. The van der Waals surface area contributed by atoms with Gasteiger partial charge < -0.3 is 18.2 Å².